The van der Waals surface area contributed by atoms with Crippen LogP contribution in [0.4, 0.5) is 29.3 Å². The van der Waals surface area contributed by atoms with Gasteiger partial charge in [0.25, 0.3) is 15.5 Å². The van der Waals surface area contributed by atoms with Gasteiger partial charge in [0, 0.05) is 12.6 Å². The van der Waals surface area contributed by atoms with Gasteiger partial charge in [0.05, 0.1) is 9.82 Å². The van der Waals surface area contributed by atoms with Crippen LogP contribution in [-0.2, 0) is 14.6 Å². The average Bonchev–Trinajstić information content (AvgIpc) is 2.44. The van der Waals surface area contributed by atoms with E-state index in [1.165, 1.54) is 6.92 Å². The lowest BCUT2D eigenvalue weighted by atomic mass is 10.2. The molecule has 0 radical (unpaired) electrons. The van der Waals surface area contributed by atoms with E-state index in [1.54, 1.807) is 20.8 Å². The Kier molecular flexibility index (Phi) is 5.91. The summed E-state index contributed by atoms with van der Waals surface area (Å²) < 4.78 is 65.9. The molecule has 1 aromatic carbocycles. The second kappa shape index (κ2) is 7.09. The molecular formula is C14H17F3N2O6S. The smallest absolute Gasteiger partial charge is 0.443 e. The first-order valence-corrected chi connectivity index (χ1v) is 8.70. The maximum Gasteiger partial charge on any atom is 0.501 e. The predicted octanol–water partition coefficient (Wildman–Crippen LogP) is 3.65. The molecule has 0 aliphatic heterocycles. The Morgan fingerprint density at radius 1 is 1.27 bits per heavy atom. The monoisotopic (exact) mass is 398 g/mol. The van der Waals surface area contributed by atoms with Crippen molar-refractivity contribution < 1.29 is 36.0 Å². The molecule has 0 aliphatic carbocycles. The second-order valence-corrected chi connectivity index (χ2v) is 8.02. The summed E-state index contributed by atoms with van der Waals surface area (Å²) in [5.41, 5.74) is -7.88. The van der Waals surface area contributed by atoms with Crippen LogP contribution in [0.2, 0.25) is 0 Å². The molecule has 8 nitrogen and oxygen atoms in total. The minimum atomic E-state index is -5.77. The topological polar surface area (TPSA) is 107 Å². The number of hydrogen-bond acceptors (Lipinski definition) is 6. The zero-order chi connectivity index (χ0) is 20.5. The highest BCUT2D eigenvalue weighted by atomic mass is 32.2. The Balaban J connectivity index is 3.50. The number of halogens is 3. The fourth-order valence-electron chi connectivity index (χ4n) is 1.89. The molecule has 0 heterocycles. The Hall–Kier alpha value is -2.37. The highest BCUT2D eigenvalue weighted by molar-refractivity contribution is 7.92. The Morgan fingerprint density at radius 2 is 1.81 bits per heavy atom. The number of rotatable bonds is 4. The van der Waals surface area contributed by atoms with Crippen LogP contribution in [0.15, 0.2) is 23.1 Å². The Bertz CT molecular complexity index is 815. The number of sulfone groups is 1. The third-order valence-electron chi connectivity index (χ3n) is 2.98. The molecule has 0 saturated carbocycles. The lowest BCUT2D eigenvalue weighted by Crippen LogP contribution is -2.37. The van der Waals surface area contributed by atoms with E-state index >= 15 is 0 Å². The highest BCUT2D eigenvalue weighted by Gasteiger charge is 2.47. The number of ether oxygens (including phenoxy) is 1. The molecule has 1 aromatic rings. The largest absolute Gasteiger partial charge is 0.501 e. The zero-order valence-corrected chi connectivity index (χ0v) is 15.1. The van der Waals surface area contributed by atoms with E-state index in [-0.39, 0.29) is 18.3 Å². The molecule has 0 spiro atoms. The van der Waals surface area contributed by atoms with Crippen LogP contribution in [0.25, 0.3) is 0 Å². The van der Waals surface area contributed by atoms with Gasteiger partial charge in [0.1, 0.15) is 11.3 Å². The van der Waals surface area contributed by atoms with E-state index in [4.69, 9.17) is 4.74 Å². The standard InChI is InChI=1S/C14H17F3N2O6S/c1-5-18(12(20)25-13(2,3)4)10-7-6-9(8-11(10)19(21)22)26(23,24)14(15,16)17/h6-8H,5H2,1-4H3. The summed E-state index contributed by atoms with van der Waals surface area (Å²) in [5, 5.41) is 11.2. The van der Waals surface area contributed by atoms with Gasteiger partial charge >= 0.3 is 11.6 Å². The molecule has 26 heavy (non-hydrogen) atoms. The normalized spacial score (nSPS) is 12.6. The molecule has 0 fully saturated rings. The maximum atomic E-state index is 12.6. The van der Waals surface area contributed by atoms with Crippen LogP contribution >= 0.6 is 0 Å². The van der Waals surface area contributed by atoms with Gasteiger partial charge in [-0.2, -0.15) is 13.2 Å². The van der Waals surface area contributed by atoms with Crippen LogP contribution in [0.1, 0.15) is 27.7 Å². The van der Waals surface area contributed by atoms with Crippen molar-refractivity contribution in [3.63, 3.8) is 0 Å². The predicted molar refractivity (Wildman–Crippen MR) is 85.6 cm³/mol. The van der Waals surface area contributed by atoms with E-state index in [0.29, 0.717) is 6.07 Å². The molecule has 12 heteroatoms. The summed E-state index contributed by atoms with van der Waals surface area (Å²) in [5.74, 6) is 0. The summed E-state index contributed by atoms with van der Waals surface area (Å²) in [4.78, 5) is 21.9. The fourth-order valence-corrected chi connectivity index (χ4v) is 2.67. The van der Waals surface area contributed by atoms with Crippen molar-refractivity contribution in [2.45, 2.75) is 43.7 Å². The summed E-state index contributed by atoms with van der Waals surface area (Å²) in [6.07, 6.45) is -0.963. The van der Waals surface area contributed by atoms with Gasteiger partial charge < -0.3 is 4.74 Å². The van der Waals surface area contributed by atoms with E-state index in [0.717, 1.165) is 11.0 Å². The summed E-state index contributed by atoms with van der Waals surface area (Å²) in [6, 6.07) is 1.59. The third-order valence-corrected chi connectivity index (χ3v) is 4.46. The number of anilines is 1. The SMILES string of the molecule is CCN(C(=O)OC(C)(C)C)c1ccc(S(=O)(=O)C(F)(F)F)cc1[N+](=O)[O-]. The zero-order valence-electron chi connectivity index (χ0n) is 14.3. The van der Waals surface area contributed by atoms with E-state index in [2.05, 4.69) is 0 Å². The summed E-state index contributed by atoms with van der Waals surface area (Å²) >= 11 is 0. The molecule has 0 bridgehead atoms. The van der Waals surface area contributed by atoms with Gasteiger partial charge in [0.2, 0.25) is 0 Å². The number of amides is 1. The molecule has 0 unspecified atom stereocenters. The first kappa shape index (κ1) is 21.7. The first-order chi connectivity index (χ1) is 11.6. The van der Waals surface area contributed by atoms with E-state index in [9.17, 15) is 36.5 Å². The molecule has 146 valence electrons. The van der Waals surface area contributed by atoms with Crippen molar-refractivity contribution >= 4 is 27.3 Å². The number of carbonyl (C=O) groups is 1. The van der Waals surface area contributed by atoms with E-state index in [1.807, 2.05) is 0 Å². The van der Waals surface area contributed by atoms with Gasteiger partial charge in [-0.15, -0.1) is 0 Å². The first-order valence-electron chi connectivity index (χ1n) is 7.22. The molecule has 1 rings (SSSR count). The number of hydrogen-bond donors (Lipinski definition) is 0. The van der Waals surface area contributed by atoms with Crippen LogP contribution in [0.5, 0.6) is 0 Å². The molecule has 0 N–H and O–H groups in total. The van der Waals surface area contributed by atoms with Crippen LogP contribution in [0.3, 0.4) is 0 Å². The molecular weight excluding hydrogens is 381 g/mol. The lowest BCUT2D eigenvalue weighted by molar-refractivity contribution is -0.384. The number of alkyl halides is 3. The number of carbonyl (C=O) groups excluding carboxylic acids is 1. The van der Waals surface area contributed by atoms with Crippen LogP contribution < -0.4 is 4.90 Å². The van der Waals surface area contributed by atoms with Crippen molar-refractivity contribution in [1.29, 1.82) is 0 Å². The summed E-state index contributed by atoms with van der Waals surface area (Å²) in [7, 11) is -5.77. The van der Waals surface area contributed by atoms with Crippen molar-refractivity contribution in [1.82, 2.24) is 0 Å². The van der Waals surface area contributed by atoms with Crippen molar-refractivity contribution in [2.75, 3.05) is 11.4 Å². The molecule has 0 aromatic heterocycles. The van der Waals surface area contributed by atoms with Gasteiger partial charge in [0.15, 0.2) is 0 Å². The Morgan fingerprint density at radius 3 is 2.19 bits per heavy atom. The van der Waals surface area contributed by atoms with E-state index < -0.39 is 42.5 Å². The fraction of sp³-hybridized carbons (Fsp3) is 0.500. The minimum absolute atomic E-state index is 0.0961. The van der Waals surface area contributed by atoms with Crippen molar-refractivity contribution in [2.24, 2.45) is 0 Å². The van der Waals surface area contributed by atoms with Gasteiger partial charge in [-0.25, -0.2) is 13.2 Å². The minimum Gasteiger partial charge on any atom is -0.443 e. The Labute approximate surface area is 147 Å². The molecule has 0 saturated heterocycles. The quantitative estimate of drug-likeness (QED) is 0.566. The number of nitro benzene ring substituents is 1. The number of nitrogens with zero attached hydrogens (tertiary/aromatic N) is 2. The highest BCUT2D eigenvalue weighted by Crippen LogP contribution is 2.36. The average molecular weight is 398 g/mol. The van der Waals surface area contributed by atoms with Crippen molar-refractivity contribution in [3.8, 4) is 0 Å². The van der Waals surface area contributed by atoms with Gasteiger partial charge in [-0.1, -0.05) is 0 Å². The van der Waals surface area contributed by atoms with Gasteiger partial charge in [-0.3, -0.25) is 15.0 Å². The van der Waals surface area contributed by atoms with Crippen molar-refractivity contribution in [3.05, 3.63) is 28.3 Å². The lowest BCUT2D eigenvalue weighted by Gasteiger charge is -2.26. The van der Waals surface area contributed by atoms with Crippen LogP contribution in [0, 0.1) is 10.1 Å². The van der Waals surface area contributed by atoms with Gasteiger partial charge in [-0.05, 0) is 39.8 Å². The molecule has 0 aliphatic rings. The number of nitro groups is 1. The number of benzene rings is 1. The molecule has 1 amide bonds. The summed E-state index contributed by atoms with van der Waals surface area (Å²) in [6.45, 7) is 6.06. The molecule has 0 atom stereocenters. The third kappa shape index (κ3) is 4.62. The van der Waals surface area contributed by atoms with Crippen LogP contribution in [-0.4, -0.2) is 37.1 Å². The second-order valence-electron chi connectivity index (χ2n) is 6.08. The maximum absolute atomic E-state index is 12.6.